The first kappa shape index (κ1) is 24.0. The lowest BCUT2D eigenvalue weighted by Crippen LogP contribution is -2.58. The van der Waals surface area contributed by atoms with E-state index in [0.717, 1.165) is 44.8 Å². The first-order chi connectivity index (χ1) is 14.7. The number of carbonyl (C=O) groups is 1. The minimum Gasteiger partial charge on any atom is -0.379 e. The highest BCUT2D eigenvalue weighted by Gasteiger charge is 2.48. The number of piperidine rings is 1. The van der Waals surface area contributed by atoms with Crippen LogP contribution < -0.4 is 10.6 Å². The summed E-state index contributed by atoms with van der Waals surface area (Å²) in [4.78, 5) is 15.3. The van der Waals surface area contributed by atoms with Crippen molar-refractivity contribution in [1.82, 2.24) is 15.5 Å². The molecule has 7 heteroatoms. The SMILES string of the molecule is CC(C)(C)CC1CNC(C(=O)NCCN2CCOCC2)CC1(C#N)c1ccc(Cl)cc1. The van der Waals surface area contributed by atoms with Gasteiger partial charge in [0, 0.05) is 37.7 Å². The van der Waals surface area contributed by atoms with Crippen molar-refractivity contribution in [2.45, 2.75) is 45.1 Å². The van der Waals surface area contributed by atoms with Gasteiger partial charge in [0.05, 0.1) is 30.7 Å². The van der Waals surface area contributed by atoms with Crippen LogP contribution in [-0.2, 0) is 14.9 Å². The van der Waals surface area contributed by atoms with Gasteiger partial charge >= 0.3 is 0 Å². The second-order valence-electron chi connectivity index (χ2n) is 9.96. The molecule has 0 bridgehead atoms. The molecule has 2 N–H and O–H groups in total. The number of halogens is 1. The molecule has 2 aliphatic heterocycles. The molecule has 1 aromatic carbocycles. The highest BCUT2D eigenvalue weighted by molar-refractivity contribution is 6.30. The molecule has 0 saturated carbocycles. The molecule has 170 valence electrons. The van der Waals surface area contributed by atoms with E-state index in [2.05, 4.69) is 42.4 Å². The van der Waals surface area contributed by atoms with Crippen molar-refractivity contribution in [1.29, 1.82) is 5.26 Å². The van der Waals surface area contributed by atoms with E-state index in [1.54, 1.807) is 0 Å². The zero-order chi connectivity index (χ0) is 22.5. The Morgan fingerprint density at radius 2 is 2.00 bits per heavy atom. The number of nitrogens with one attached hydrogen (secondary N) is 2. The molecular formula is C24H35ClN4O2. The summed E-state index contributed by atoms with van der Waals surface area (Å²) in [5, 5.41) is 17.6. The molecule has 1 aromatic rings. The highest BCUT2D eigenvalue weighted by atomic mass is 35.5. The summed E-state index contributed by atoms with van der Waals surface area (Å²) in [6, 6.07) is 9.80. The topological polar surface area (TPSA) is 77.4 Å². The normalized spacial score (nSPS) is 27.5. The van der Waals surface area contributed by atoms with Gasteiger partial charge in [0.15, 0.2) is 0 Å². The second-order valence-corrected chi connectivity index (χ2v) is 10.4. The molecule has 0 spiro atoms. The van der Waals surface area contributed by atoms with Gasteiger partial charge in [-0.3, -0.25) is 9.69 Å². The third kappa shape index (κ3) is 6.20. The minimum atomic E-state index is -0.727. The highest BCUT2D eigenvalue weighted by Crippen LogP contribution is 2.44. The summed E-state index contributed by atoms with van der Waals surface area (Å²) in [7, 11) is 0. The van der Waals surface area contributed by atoms with E-state index < -0.39 is 11.5 Å². The zero-order valence-electron chi connectivity index (χ0n) is 18.9. The van der Waals surface area contributed by atoms with Crippen LogP contribution in [0.1, 0.15) is 39.2 Å². The van der Waals surface area contributed by atoms with Crippen molar-refractivity contribution in [3.63, 3.8) is 0 Å². The molecule has 2 aliphatic rings. The number of carbonyl (C=O) groups excluding carboxylic acids is 1. The van der Waals surface area contributed by atoms with Crippen LogP contribution in [0.5, 0.6) is 0 Å². The van der Waals surface area contributed by atoms with Crippen LogP contribution in [0.2, 0.25) is 5.02 Å². The number of hydrogen-bond donors (Lipinski definition) is 2. The van der Waals surface area contributed by atoms with Gasteiger partial charge < -0.3 is 15.4 Å². The van der Waals surface area contributed by atoms with Crippen LogP contribution in [0.3, 0.4) is 0 Å². The fourth-order valence-corrected chi connectivity index (χ4v) is 4.90. The molecule has 0 aromatic heterocycles. The quantitative estimate of drug-likeness (QED) is 0.702. The van der Waals surface area contributed by atoms with Crippen LogP contribution >= 0.6 is 11.6 Å². The predicted molar refractivity (Wildman–Crippen MR) is 123 cm³/mol. The van der Waals surface area contributed by atoms with Crippen LogP contribution in [0.4, 0.5) is 0 Å². The van der Waals surface area contributed by atoms with Gasteiger partial charge in [-0.05, 0) is 41.9 Å². The number of morpholine rings is 1. The molecule has 0 radical (unpaired) electrons. The molecule has 1 amide bonds. The summed E-state index contributed by atoms with van der Waals surface area (Å²) in [6.07, 6.45) is 1.34. The van der Waals surface area contributed by atoms with E-state index in [0.29, 0.717) is 24.5 Å². The van der Waals surface area contributed by atoms with Gasteiger partial charge in [-0.25, -0.2) is 0 Å². The zero-order valence-corrected chi connectivity index (χ0v) is 19.7. The molecule has 2 fully saturated rings. The minimum absolute atomic E-state index is 0.0314. The third-order valence-corrected chi connectivity index (χ3v) is 6.65. The number of nitrogens with zero attached hydrogens (tertiary/aromatic N) is 2. The van der Waals surface area contributed by atoms with Crippen molar-refractivity contribution >= 4 is 17.5 Å². The molecule has 0 aliphatic carbocycles. The molecule has 2 heterocycles. The van der Waals surface area contributed by atoms with Gasteiger partial charge in [0.2, 0.25) is 5.91 Å². The van der Waals surface area contributed by atoms with Crippen molar-refractivity contribution in [3.05, 3.63) is 34.9 Å². The average molecular weight is 447 g/mol. The van der Waals surface area contributed by atoms with Crippen molar-refractivity contribution in [2.24, 2.45) is 11.3 Å². The number of rotatable bonds is 6. The number of hydrogen-bond acceptors (Lipinski definition) is 5. The van der Waals surface area contributed by atoms with E-state index in [4.69, 9.17) is 16.3 Å². The molecule has 3 atom stereocenters. The van der Waals surface area contributed by atoms with Crippen molar-refractivity contribution < 1.29 is 9.53 Å². The number of amides is 1. The fourth-order valence-electron chi connectivity index (χ4n) is 4.78. The first-order valence-corrected chi connectivity index (χ1v) is 11.6. The van der Waals surface area contributed by atoms with Crippen LogP contribution in [0.25, 0.3) is 0 Å². The maximum atomic E-state index is 13.0. The molecule has 2 saturated heterocycles. The monoisotopic (exact) mass is 446 g/mol. The van der Waals surface area contributed by atoms with Gasteiger partial charge in [0.1, 0.15) is 0 Å². The number of ether oxygens (including phenoxy) is 1. The standard InChI is InChI=1S/C24H35ClN4O2/c1-23(2,3)14-19-16-28-21(22(30)27-8-9-29-10-12-31-13-11-29)15-24(19,17-26)18-4-6-20(25)7-5-18/h4-7,19,21,28H,8-16H2,1-3H3,(H,27,30). The number of benzene rings is 1. The van der Waals surface area contributed by atoms with E-state index in [1.807, 2.05) is 24.3 Å². The largest absolute Gasteiger partial charge is 0.379 e. The van der Waals surface area contributed by atoms with E-state index in [-0.39, 0.29) is 17.2 Å². The summed E-state index contributed by atoms with van der Waals surface area (Å²) < 4.78 is 5.37. The lowest BCUT2D eigenvalue weighted by molar-refractivity contribution is -0.124. The van der Waals surface area contributed by atoms with Crippen LogP contribution in [-0.4, -0.2) is 62.8 Å². The second kappa shape index (κ2) is 10.3. The Bertz CT molecular complexity index is 780. The average Bonchev–Trinajstić information content (AvgIpc) is 2.74. The molecule has 3 unspecified atom stereocenters. The van der Waals surface area contributed by atoms with Gasteiger partial charge in [-0.1, -0.05) is 44.5 Å². The van der Waals surface area contributed by atoms with E-state index >= 15 is 0 Å². The maximum Gasteiger partial charge on any atom is 0.237 e. The summed E-state index contributed by atoms with van der Waals surface area (Å²) >= 11 is 6.11. The van der Waals surface area contributed by atoms with E-state index in [1.165, 1.54) is 0 Å². The fraction of sp³-hybridized carbons (Fsp3) is 0.667. The Labute approximate surface area is 191 Å². The molecule has 31 heavy (non-hydrogen) atoms. The Kier molecular flexibility index (Phi) is 7.98. The first-order valence-electron chi connectivity index (χ1n) is 11.2. The van der Waals surface area contributed by atoms with Gasteiger partial charge in [-0.15, -0.1) is 0 Å². The Morgan fingerprint density at radius 3 is 2.61 bits per heavy atom. The third-order valence-electron chi connectivity index (χ3n) is 6.40. The smallest absolute Gasteiger partial charge is 0.237 e. The predicted octanol–water partition coefficient (Wildman–Crippen LogP) is 2.96. The molecule has 3 rings (SSSR count). The van der Waals surface area contributed by atoms with Crippen molar-refractivity contribution in [2.75, 3.05) is 45.9 Å². The van der Waals surface area contributed by atoms with E-state index in [9.17, 15) is 10.1 Å². The lowest BCUT2D eigenvalue weighted by atomic mass is 9.61. The number of nitriles is 1. The van der Waals surface area contributed by atoms with Gasteiger partial charge in [0.25, 0.3) is 0 Å². The summed E-state index contributed by atoms with van der Waals surface area (Å²) in [5.74, 6) is 0.0760. The molecule has 6 nitrogen and oxygen atoms in total. The Hall–Kier alpha value is -1.65. The van der Waals surface area contributed by atoms with Crippen LogP contribution in [0.15, 0.2) is 24.3 Å². The van der Waals surface area contributed by atoms with Gasteiger partial charge in [-0.2, -0.15) is 5.26 Å². The maximum absolute atomic E-state index is 13.0. The van der Waals surface area contributed by atoms with Crippen LogP contribution in [0, 0.1) is 22.7 Å². The summed E-state index contributed by atoms with van der Waals surface area (Å²) in [5.41, 5.74) is 0.296. The molecular weight excluding hydrogens is 412 g/mol. The Morgan fingerprint density at radius 1 is 1.32 bits per heavy atom. The lowest BCUT2D eigenvalue weighted by Gasteiger charge is -2.45. The summed E-state index contributed by atoms with van der Waals surface area (Å²) in [6.45, 7) is 11.9. The Balaban J connectivity index is 1.72. The van der Waals surface area contributed by atoms with Crippen molar-refractivity contribution in [3.8, 4) is 6.07 Å².